The molecule has 0 rings (SSSR count). The summed E-state index contributed by atoms with van der Waals surface area (Å²) in [7, 11) is 11.8. The van der Waals surface area contributed by atoms with Crippen molar-refractivity contribution >= 4 is 23.0 Å². The Labute approximate surface area is 72.3 Å². The normalized spacial score (nSPS) is 15.5. The Morgan fingerprint density at radius 3 is 2.55 bits per heavy atom. The minimum absolute atomic E-state index is 0.260. The first-order valence-corrected chi connectivity index (χ1v) is 3.47. The highest BCUT2D eigenvalue weighted by molar-refractivity contribution is 6.87. The van der Waals surface area contributed by atoms with E-state index in [-0.39, 0.29) is 5.54 Å². The first-order chi connectivity index (χ1) is 5.06. The Morgan fingerprint density at radius 1 is 1.73 bits per heavy atom. The van der Waals surface area contributed by atoms with Crippen molar-refractivity contribution in [2.24, 2.45) is 0 Å². The second-order valence-electron chi connectivity index (χ2n) is 2.80. The molecule has 55 valence electrons. The molecule has 0 spiro atoms. The molecule has 0 aromatic rings. The van der Waals surface area contributed by atoms with Crippen LogP contribution in [-0.4, -0.2) is 35.1 Å². The second-order valence-corrected chi connectivity index (χ2v) is 2.80. The van der Waals surface area contributed by atoms with Crippen molar-refractivity contribution in [3.63, 3.8) is 0 Å². The van der Waals surface area contributed by atoms with Crippen molar-refractivity contribution in [2.45, 2.75) is 19.4 Å². The van der Waals surface area contributed by atoms with E-state index in [1.807, 2.05) is 13.8 Å². The maximum atomic E-state index is 5.24. The zero-order chi connectivity index (χ0) is 8.91. The van der Waals surface area contributed by atoms with Crippen LogP contribution in [0, 0.1) is 0 Å². The zero-order valence-corrected chi connectivity index (χ0v) is 7.15. The van der Waals surface area contributed by atoms with Crippen molar-refractivity contribution in [1.82, 2.24) is 10.5 Å². The maximum Gasteiger partial charge on any atom is 0.177 e. The van der Waals surface area contributed by atoms with E-state index in [1.165, 1.54) is 7.31 Å². The lowest BCUT2D eigenvalue weighted by Crippen LogP contribution is -2.52. The van der Waals surface area contributed by atoms with Gasteiger partial charge in [0, 0.05) is 19.8 Å². The Bertz CT molecular complexity index is 132. The molecule has 5 heteroatoms. The molecule has 2 nitrogen and oxygen atoms in total. The summed E-state index contributed by atoms with van der Waals surface area (Å²) >= 11 is 0. The zero-order valence-electron chi connectivity index (χ0n) is 7.15. The highest BCUT2D eigenvalue weighted by Gasteiger charge is 2.21. The number of hydrogen-bond acceptors (Lipinski definition) is 2. The summed E-state index contributed by atoms with van der Waals surface area (Å²) in [5.41, 5.74) is 0.723. The van der Waals surface area contributed by atoms with Gasteiger partial charge in [0.2, 0.25) is 0 Å². The van der Waals surface area contributed by atoms with Crippen molar-refractivity contribution in [1.29, 1.82) is 0 Å². The van der Waals surface area contributed by atoms with E-state index >= 15 is 0 Å². The van der Waals surface area contributed by atoms with Gasteiger partial charge in [0.1, 0.15) is 7.31 Å². The van der Waals surface area contributed by atoms with Gasteiger partial charge in [0.25, 0.3) is 0 Å². The fourth-order valence-electron chi connectivity index (χ4n) is 0.713. The van der Waals surface area contributed by atoms with E-state index in [2.05, 4.69) is 17.0 Å². The van der Waals surface area contributed by atoms with Crippen molar-refractivity contribution in [3.05, 3.63) is 12.2 Å². The van der Waals surface area contributed by atoms with Crippen molar-refractivity contribution in [3.8, 4) is 0 Å². The number of nitrogens with one attached hydrogen (secondary N) is 2. The molecule has 0 aromatic carbocycles. The third kappa shape index (κ3) is 3.17. The van der Waals surface area contributed by atoms with Crippen LogP contribution in [0.5, 0.6) is 0 Å². The van der Waals surface area contributed by atoms with E-state index in [0.29, 0.717) is 6.54 Å². The predicted octanol–water partition coefficient (Wildman–Crippen LogP) is -0.713. The SMILES string of the molecule is [B][B]N[C@@](C)(CN[B])C(=C)C. The van der Waals surface area contributed by atoms with Gasteiger partial charge in [-0.2, -0.15) is 0 Å². The molecule has 0 aliphatic heterocycles. The van der Waals surface area contributed by atoms with Crippen LogP contribution < -0.4 is 10.5 Å². The molecule has 0 fully saturated rings. The molecule has 5 radical (unpaired) electrons. The summed E-state index contributed by atoms with van der Waals surface area (Å²) in [5.74, 6) is 0. The standard InChI is InChI=1S/C6H12B3N2/c1-5(2)6(3,4-10-8)11-9-7/h10-11H,1,4H2,2-3H3/t6-/m0/s1. The second kappa shape index (κ2) is 4.68. The molecule has 0 aromatic heterocycles. The summed E-state index contributed by atoms with van der Waals surface area (Å²) in [5, 5.41) is 5.55. The van der Waals surface area contributed by atoms with E-state index in [4.69, 9.17) is 15.7 Å². The van der Waals surface area contributed by atoms with Crippen LogP contribution in [0.15, 0.2) is 12.2 Å². The first-order valence-electron chi connectivity index (χ1n) is 3.47. The van der Waals surface area contributed by atoms with Crippen molar-refractivity contribution in [2.75, 3.05) is 6.54 Å². The lowest BCUT2D eigenvalue weighted by Gasteiger charge is -2.31. The summed E-state index contributed by atoms with van der Waals surface area (Å²) in [6.07, 6.45) is 0. The average Bonchev–Trinajstić information content (AvgIpc) is 1.88. The van der Waals surface area contributed by atoms with Gasteiger partial charge in [-0.3, -0.25) is 0 Å². The Morgan fingerprint density at radius 2 is 2.27 bits per heavy atom. The fourth-order valence-corrected chi connectivity index (χ4v) is 0.713. The quantitative estimate of drug-likeness (QED) is 0.394. The summed E-state index contributed by atoms with van der Waals surface area (Å²) in [6.45, 7) is 8.32. The molecule has 0 unspecified atom stereocenters. The Balaban J connectivity index is 4.13. The van der Waals surface area contributed by atoms with Gasteiger partial charge in [-0.15, -0.1) is 0 Å². The first kappa shape index (κ1) is 10.9. The topological polar surface area (TPSA) is 24.1 Å². The third-order valence-electron chi connectivity index (χ3n) is 1.80. The molecular formula is C6H12B3N2. The molecule has 1 atom stereocenters. The molecule has 0 bridgehead atoms. The molecular weight excluding hydrogens is 133 g/mol. The van der Waals surface area contributed by atoms with E-state index < -0.39 is 0 Å². The molecule has 0 aliphatic rings. The third-order valence-corrected chi connectivity index (χ3v) is 1.80. The Kier molecular flexibility index (Phi) is 4.61. The molecule has 0 saturated heterocycles. The van der Waals surface area contributed by atoms with Gasteiger partial charge in [-0.25, -0.2) is 0 Å². The number of rotatable bonds is 5. The van der Waals surface area contributed by atoms with Crippen LogP contribution in [0.4, 0.5) is 0 Å². The highest BCUT2D eigenvalue weighted by Crippen LogP contribution is 2.11. The van der Waals surface area contributed by atoms with E-state index in [9.17, 15) is 0 Å². The smallest absolute Gasteiger partial charge is 0.177 e. The van der Waals surface area contributed by atoms with Crippen LogP contribution in [0.1, 0.15) is 13.8 Å². The Hall–Kier alpha value is -0.145. The van der Waals surface area contributed by atoms with Crippen molar-refractivity contribution < 1.29 is 0 Å². The van der Waals surface area contributed by atoms with Gasteiger partial charge >= 0.3 is 0 Å². The molecule has 11 heavy (non-hydrogen) atoms. The molecule has 2 N–H and O–H groups in total. The number of hydrogen-bond donors (Lipinski definition) is 2. The van der Waals surface area contributed by atoms with E-state index in [1.54, 1.807) is 0 Å². The fraction of sp³-hybridized carbons (Fsp3) is 0.667. The lowest BCUT2D eigenvalue weighted by atomic mass is 9.65. The van der Waals surface area contributed by atoms with Gasteiger partial charge in [0.15, 0.2) is 7.98 Å². The maximum absolute atomic E-state index is 5.24. The van der Waals surface area contributed by atoms with E-state index in [0.717, 1.165) is 5.57 Å². The van der Waals surface area contributed by atoms with Gasteiger partial charge in [0.05, 0.1) is 0 Å². The van der Waals surface area contributed by atoms with Crippen LogP contribution in [0.3, 0.4) is 0 Å². The summed E-state index contributed by atoms with van der Waals surface area (Å²) in [6, 6.07) is 0. The molecule has 0 saturated carbocycles. The van der Waals surface area contributed by atoms with Crippen LogP contribution in [0.2, 0.25) is 0 Å². The molecule has 0 amide bonds. The van der Waals surface area contributed by atoms with Crippen LogP contribution in [0.25, 0.3) is 0 Å². The van der Waals surface area contributed by atoms with Gasteiger partial charge in [-0.1, -0.05) is 12.2 Å². The molecule has 0 heterocycles. The van der Waals surface area contributed by atoms with Crippen LogP contribution in [-0.2, 0) is 0 Å². The minimum Gasteiger partial charge on any atom is -0.364 e. The highest BCUT2D eigenvalue weighted by atomic mass is 14.9. The summed E-state index contributed by atoms with van der Waals surface area (Å²) < 4.78 is 0. The lowest BCUT2D eigenvalue weighted by molar-refractivity contribution is 0.499. The van der Waals surface area contributed by atoms with Crippen LogP contribution >= 0.6 is 0 Å². The minimum atomic E-state index is -0.260. The average molecular weight is 145 g/mol. The predicted molar refractivity (Wildman–Crippen MR) is 51.6 cm³/mol. The summed E-state index contributed by atoms with van der Waals surface area (Å²) in [4.78, 5) is 0. The van der Waals surface area contributed by atoms with Gasteiger partial charge in [-0.05, 0) is 13.8 Å². The largest absolute Gasteiger partial charge is 0.364 e. The molecule has 0 aliphatic carbocycles. The van der Waals surface area contributed by atoms with Gasteiger partial charge < -0.3 is 10.5 Å². The monoisotopic (exact) mass is 145 g/mol.